The number of carbonyl (C=O) groups excluding carboxylic acids is 3. The smallest absolute Gasteiger partial charge is 0.419 e. The molecule has 3 aromatic rings. The van der Waals surface area contributed by atoms with Crippen LogP contribution in [-0.4, -0.2) is 58.6 Å². The van der Waals surface area contributed by atoms with Gasteiger partial charge >= 0.3 is 30.3 Å². The molecule has 0 unspecified atom stereocenters. The molecule has 44 heavy (non-hydrogen) atoms. The monoisotopic (exact) mass is 640 g/mol. The van der Waals surface area contributed by atoms with Gasteiger partial charge in [-0.25, -0.2) is 23.8 Å². The Morgan fingerprint density at radius 1 is 0.750 bits per heavy atom. The van der Waals surface area contributed by atoms with Gasteiger partial charge in [0.2, 0.25) is 0 Å². The highest BCUT2D eigenvalue weighted by Crippen LogP contribution is 2.38. The summed E-state index contributed by atoms with van der Waals surface area (Å²) in [5, 5.41) is 21.6. The number of carbonyl (C=O) groups is 3. The molecule has 0 spiro atoms. The number of hydrogen-bond donors (Lipinski definition) is 0. The van der Waals surface area contributed by atoms with Crippen LogP contribution in [-0.2, 0) is 26.6 Å². The number of esters is 3. The van der Waals surface area contributed by atoms with Crippen LogP contribution in [0.4, 0.5) is 42.1 Å². The van der Waals surface area contributed by atoms with Gasteiger partial charge in [0.1, 0.15) is 23.3 Å². The topological polar surface area (TPSA) is 183 Å². The van der Waals surface area contributed by atoms with Crippen LogP contribution in [0.15, 0.2) is 36.8 Å². The number of hydrogen-bond acceptors (Lipinski definition) is 11. The first-order valence-corrected chi connectivity index (χ1v) is 11.0. The normalized spacial score (nSPS) is 11.1. The van der Waals surface area contributed by atoms with Gasteiger partial charge in [0, 0.05) is 18.3 Å². The Bertz CT molecular complexity index is 1630. The van der Waals surface area contributed by atoms with Crippen molar-refractivity contribution in [3.05, 3.63) is 90.8 Å². The summed E-state index contributed by atoms with van der Waals surface area (Å²) in [6.07, 6.45) is -8.26. The minimum absolute atomic E-state index is 0.0401. The molecule has 0 bridgehead atoms. The Labute approximate surface area is 238 Å². The van der Waals surface area contributed by atoms with Gasteiger partial charge in [0.15, 0.2) is 5.69 Å². The molecule has 0 N–H and O–H groups in total. The first-order valence-electron chi connectivity index (χ1n) is 11.0. The molecule has 0 radical (unpaired) electrons. The Kier molecular flexibility index (Phi) is 10.3. The van der Waals surface area contributed by atoms with Crippen LogP contribution in [0.3, 0.4) is 0 Å². The van der Waals surface area contributed by atoms with Gasteiger partial charge in [-0.3, -0.25) is 20.2 Å². The summed E-state index contributed by atoms with van der Waals surface area (Å²) in [6, 6.07) is 0.962. The predicted octanol–water partition coefficient (Wildman–Crippen LogP) is 4.91. The van der Waals surface area contributed by atoms with Crippen molar-refractivity contribution in [2.45, 2.75) is 12.4 Å². The third-order valence-corrected chi connectivity index (χ3v) is 5.27. The minimum Gasteiger partial charge on any atom is -0.465 e. The number of nitro benzene ring substituents is 2. The summed E-state index contributed by atoms with van der Waals surface area (Å²) in [5.41, 5.74) is -7.96. The van der Waals surface area contributed by atoms with E-state index in [-0.39, 0.29) is 23.9 Å². The SMILES string of the molecule is COC(=O)c1cc(F)c(C(F)(F)F)cc1[N+](=O)[O-].COC(=O)c1cn(-c2cc(C(=O)OC)c([N+](=O)[O-])cc2C(F)(F)F)cn1. The molecule has 1 aromatic heterocycles. The average molecular weight is 640 g/mol. The van der Waals surface area contributed by atoms with E-state index in [0.29, 0.717) is 6.07 Å². The largest absolute Gasteiger partial charge is 0.465 e. The number of methoxy groups -OCH3 is 3. The zero-order chi connectivity index (χ0) is 33.7. The molecule has 21 heteroatoms. The quantitative estimate of drug-likeness (QED) is 0.117. The van der Waals surface area contributed by atoms with E-state index in [1.807, 2.05) is 0 Å². The fourth-order valence-corrected chi connectivity index (χ4v) is 3.31. The highest BCUT2D eigenvalue weighted by atomic mass is 19.4. The number of nitro groups is 2. The maximum atomic E-state index is 13.4. The zero-order valence-electron chi connectivity index (χ0n) is 22.0. The van der Waals surface area contributed by atoms with Crippen LogP contribution in [0, 0.1) is 26.0 Å². The molecule has 0 fully saturated rings. The Morgan fingerprint density at radius 2 is 1.18 bits per heavy atom. The number of halogens is 7. The molecule has 0 atom stereocenters. The van der Waals surface area contributed by atoms with Crippen molar-refractivity contribution >= 4 is 29.3 Å². The lowest BCUT2D eigenvalue weighted by molar-refractivity contribution is -0.385. The molecule has 0 aliphatic carbocycles. The fourth-order valence-electron chi connectivity index (χ4n) is 3.31. The van der Waals surface area contributed by atoms with Crippen molar-refractivity contribution in [3.63, 3.8) is 0 Å². The van der Waals surface area contributed by atoms with E-state index in [9.17, 15) is 65.3 Å². The van der Waals surface area contributed by atoms with Crippen molar-refractivity contribution in [1.29, 1.82) is 0 Å². The number of ether oxygens (including phenoxy) is 3. The average Bonchev–Trinajstić information content (AvgIpc) is 3.44. The van der Waals surface area contributed by atoms with Gasteiger partial charge in [-0.05, 0) is 12.1 Å². The Morgan fingerprint density at radius 3 is 1.59 bits per heavy atom. The second kappa shape index (κ2) is 13.1. The number of rotatable bonds is 6. The van der Waals surface area contributed by atoms with E-state index < -0.39 is 85.2 Å². The van der Waals surface area contributed by atoms with E-state index in [1.54, 1.807) is 0 Å². The van der Waals surface area contributed by atoms with Crippen molar-refractivity contribution in [3.8, 4) is 5.69 Å². The summed E-state index contributed by atoms with van der Waals surface area (Å²) in [6.45, 7) is 0. The number of nitrogens with zero attached hydrogens (tertiary/aromatic N) is 4. The number of benzene rings is 2. The van der Waals surface area contributed by atoms with Crippen LogP contribution >= 0.6 is 0 Å². The molecule has 236 valence electrons. The van der Waals surface area contributed by atoms with Crippen molar-refractivity contribution in [1.82, 2.24) is 9.55 Å². The number of aromatic nitrogens is 2. The third kappa shape index (κ3) is 7.60. The van der Waals surface area contributed by atoms with Gasteiger partial charge in [-0.2, -0.15) is 26.3 Å². The number of alkyl halides is 6. The van der Waals surface area contributed by atoms with E-state index in [4.69, 9.17) is 0 Å². The third-order valence-electron chi connectivity index (χ3n) is 5.27. The maximum absolute atomic E-state index is 13.4. The summed E-state index contributed by atoms with van der Waals surface area (Å²) in [5.74, 6) is -5.17. The molecule has 2 aromatic carbocycles. The highest BCUT2D eigenvalue weighted by Gasteiger charge is 2.39. The lowest BCUT2D eigenvalue weighted by Gasteiger charge is -2.14. The molecule has 0 aliphatic heterocycles. The summed E-state index contributed by atoms with van der Waals surface area (Å²) >= 11 is 0. The van der Waals surface area contributed by atoms with Gasteiger partial charge in [0.25, 0.3) is 11.4 Å². The number of imidazole rings is 1. The van der Waals surface area contributed by atoms with Crippen LogP contribution < -0.4 is 0 Å². The van der Waals surface area contributed by atoms with Gasteiger partial charge < -0.3 is 18.8 Å². The van der Waals surface area contributed by atoms with E-state index in [0.717, 1.165) is 38.4 Å². The molecule has 0 aliphatic rings. The molecule has 14 nitrogen and oxygen atoms in total. The van der Waals surface area contributed by atoms with Crippen LogP contribution in [0.2, 0.25) is 0 Å². The van der Waals surface area contributed by atoms with Crippen molar-refractivity contribution in [2.24, 2.45) is 0 Å². The van der Waals surface area contributed by atoms with Gasteiger partial charge in [-0.1, -0.05) is 0 Å². The van der Waals surface area contributed by atoms with Crippen LogP contribution in [0.25, 0.3) is 5.69 Å². The molecule has 0 amide bonds. The fraction of sp³-hybridized carbons (Fsp3) is 0.217. The van der Waals surface area contributed by atoms with E-state index >= 15 is 0 Å². The Balaban J connectivity index is 0.000000329. The minimum atomic E-state index is -5.09. The van der Waals surface area contributed by atoms with Gasteiger partial charge in [0.05, 0.1) is 48.0 Å². The van der Waals surface area contributed by atoms with Gasteiger partial charge in [-0.15, -0.1) is 0 Å². The lowest BCUT2D eigenvalue weighted by atomic mass is 10.1. The van der Waals surface area contributed by atoms with E-state index in [1.165, 1.54) is 0 Å². The Hall–Kier alpha value is -5.63. The van der Waals surface area contributed by atoms with Crippen LogP contribution in [0.5, 0.6) is 0 Å². The first-order chi connectivity index (χ1) is 20.3. The standard InChI is InChI=1S/C14H10F3N3O6.C9H5F4NO4/c1-25-12(21)7-3-11(19-5-9(18-6-19)13(22)26-2)8(14(15,16)17)4-10(7)20(23)24;1-18-8(15)4-2-6(10)5(9(11,12)13)3-7(4)14(16)17/h3-6H,1-2H3;2-3H,1H3. The zero-order valence-corrected chi connectivity index (χ0v) is 22.0. The summed E-state index contributed by atoms with van der Waals surface area (Å²) in [7, 11) is 2.85. The molecule has 0 saturated heterocycles. The van der Waals surface area contributed by atoms with E-state index in [2.05, 4.69) is 19.2 Å². The van der Waals surface area contributed by atoms with Crippen molar-refractivity contribution in [2.75, 3.05) is 21.3 Å². The van der Waals surface area contributed by atoms with Crippen LogP contribution in [0.1, 0.15) is 42.3 Å². The predicted molar refractivity (Wildman–Crippen MR) is 127 cm³/mol. The highest BCUT2D eigenvalue weighted by molar-refractivity contribution is 5.95. The molecule has 1 heterocycles. The molecule has 0 saturated carbocycles. The summed E-state index contributed by atoms with van der Waals surface area (Å²) < 4.78 is 104. The maximum Gasteiger partial charge on any atom is 0.419 e. The first kappa shape index (κ1) is 34.6. The summed E-state index contributed by atoms with van der Waals surface area (Å²) in [4.78, 5) is 57.1. The molecular formula is C23H15F7N4O10. The lowest BCUT2D eigenvalue weighted by Crippen LogP contribution is -2.14. The second-order valence-electron chi connectivity index (χ2n) is 7.89. The van der Waals surface area contributed by atoms with Crippen molar-refractivity contribution < 1.29 is 69.2 Å². The molecular weight excluding hydrogens is 625 g/mol. The molecule has 3 rings (SSSR count). The second-order valence-corrected chi connectivity index (χ2v) is 7.89.